The molecule has 0 atom stereocenters. The second kappa shape index (κ2) is 8.06. The van der Waals surface area contributed by atoms with Gasteiger partial charge in [0.15, 0.2) is 0 Å². The largest absolute Gasteiger partial charge is 0.384 e. The summed E-state index contributed by atoms with van der Waals surface area (Å²) in [5.74, 6) is -0.408. The fourth-order valence-corrected chi connectivity index (χ4v) is 3.42. The molecule has 1 heterocycles. The SMILES string of the molecule is CN(C)CCCNc1ccc2c3c(cccc13)C(=O)N(CCN(C)C)C2=O. The van der Waals surface area contributed by atoms with Crippen molar-refractivity contribution in [2.75, 3.05) is 59.7 Å². The molecule has 0 spiro atoms. The van der Waals surface area contributed by atoms with Crippen LogP contribution in [0.15, 0.2) is 30.3 Å². The van der Waals surface area contributed by atoms with Crippen LogP contribution < -0.4 is 5.32 Å². The molecule has 0 fully saturated rings. The molecule has 0 aliphatic carbocycles. The van der Waals surface area contributed by atoms with Crippen molar-refractivity contribution in [2.24, 2.45) is 0 Å². The molecule has 3 rings (SSSR count). The summed E-state index contributed by atoms with van der Waals surface area (Å²) in [6, 6.07) is 9.49. The molecule has 0 saturated carbocycles. The highest BCUT2D eigenvalue weighted by Crippen LogP contribution is 2.34. The van der Waals surface area contributed by atoms with Gasteiger partial charge in [0.05, 0.1) is 0 Å². The summed E-state index contributed by atoms with van der Waals surface area (Å²) in [7, 11) is 7.98. The summed E-state index contributed by atoms with van der Waals surface area (Å²) < 4.78 is 0. The Morgan fingerprint density at radius 3 is 2.22 bits per heavy atom. The summed E-state index contributed by atoms with van der Waals surface area (Å²) in [4.78, 5) is 31.4. The first-order valence-corrected chi connectivity index (χ1v) is 9.35. The average molecular weight is 368 g/mol. The van der Waals surface area contributed by atoms with Crippen LogP contribution in [0, 0.1) is 0 Å². The molecule has 144 valence electrons. The topological polar surface area (TPSA) is 55.9 Å². The highest BCUT2D eigenvalue weighted by Gasteiger charge is 2.32. The van der Waals surface area contributed by atoms with E-state index in [1.54, 1.807) is 0 Å². The minimum atomic E-state index is -0.204. The Labute approximate surface area is 160 Å². The lowest BCUT2D eigenvalue weighted by Crippen LogP contribution is -2.43. The number of hydrogen-bond donors (Lipinski definition) is 1. The maximum Gasteiger partial charge on any atom is 0.261 e. The quantitative estimate of drug-likeness (QED) is 0.573. The van der Waals surface area contributed by atoms with Crippen LogP contribution in [0.4, 0.5) is 5.69 Å². The summed E-state index contributed by atoms with van der Waals surface area (Å²) in [5, 5.41) is 5.16. The number of anilines is 1. The number of nitrogens with one attached hydrogen (secondary N) is 1. The highest BCUT2D eigenvalue weighted by atomic mass is 16.2. The van der Waals surface area contributed by atoms with Crippen molar-refractivity contribution >= 4 is 28.3 Å². The van der Waals surface area contributed by atoms with Crippen molar-refractivity contribution in [1.29, 1.82) is 0 Å². The van der Waals surface area contributed by atoms with E-state index in [-0.39, 0.29) is 11.8 Å². The van der Waals surface area contributed by atoms with E-state index in [2.05, 4.69) is 24.3 Å². The van der Waals surface area contributed by atoms with Gasteiger partial charge >= 0.3 is 0 Å². The number of carbonyl (C=O) groups excluding carboxylic acids is 2. The Morgan fingerprint density at radius 2 is 1.56 bits per heavy atom. The van der Waals surface area contributed by atoms with Crippen molar-refractivity contribution in [2.45, 2.75) is 6.42 Å². The predicted octanol–water partition coefficient (Wildman–Crippen LogP) is 2.36. The number of carbonyl (C=O) groups is 2. The molecule has 2 aromatic rings. The summed E-state index contributed by atoms with van der Waals surface area (Å²) in [6.07, 6.45) is 1.02. The molecule has 27 heavy (non-hydrogen) atoms. The molecule has 6 heteroatoms. The maximum atomic E-state index is 12.9. The van der Waals surface area contributed by atoms with E-state index in [4.69, 9.17) is 0 Å². The molecule has 1 aliphatic rings. The summed E-state index contributed by atoms with van der Waals surface area (Å²) >= 11 is 0. The molecule has 0 bridgehead atoms. The van der Waals surface area contributed by atoms with Crippen molar-refractivity contribution in [3.8, 4) is 0 Å². The van der Waals surface area contributed by atoms with Gasteiger partial charge in [0.2, 0.25) is 0 Å². The highest BCUT2D eigenvalue weighted by molar-refractivity contribution is 6.26. The van der Waals surface area contributed by atoms with E-state index in [1.807, 2.05) is 49.3 Å². The molecule has 0 radical (unpaired) electrons. The van der Waals surface area contributed by atoms with Crippen LogP contribution in [0.5, 0.6) is 0 Å². The van der Waals surface area contributed by atoms with Gasteiger partial charge in [-0.3, -0.25) is 14.5 Å². The van der Waals surface area contributed by atoms with E-state index in [1.165, 1.54) is 4.90 Å². The van der Waals surface area contributed by atoms with Crippen LogP contribution in [0.3, 0.4) is 0 Å². The molecule has 6 nitrogen and oxygen atoms in total. The fourth-order valence-electron chi connectivity index (χ4n) is 3.42. The molecular formula is C21H28N4O2. The monoisotopic (exact) mass is 368 g/mol. The van der Waals surface area contributed by atoms with Gasteiger partial charge in [0.1, 0.15) is 0 Å². The normalized spacial score (nSPS) is 13.9. The van der Waals surface area contributed by atoms with E-state index >= 15 is 0 Å². The van der Waals surface area contributed by atoms with Crippen LogP contribution in [-0.4, -0.2) is 80.9 Å². The maximum absolute atomic E-state index is 12.9. The third kappa shape index (κ3) is 3.96. The minimum absolute atomic E-state index is 0.204. The zero-order chi connectivity index (χ0) is 19.6. The van der Waals surface area contributed by atoms with Crippen LogP contribution in [0.1, 0.15) is 27.1 Å². The number of nitrogens with zero attached hydrogens (tertiary/aromatic N) is 3. The summed E-state index contributed by atoms with van der Waals surface area (Å²) in [5.41, 5.74) is 2.19. The fraction of sp³-hybridized carbons (Fsp3) is 0.429. The molecule has 0 saturated heterocycles. The van der Waals surface area contributed by atoms with Gasteiger partial charge in [0.25, 0.3) is 11.8 Å². The Hall–Kier alpha value is -2.44. The van der Waals surface area contributed by atoms with Crippen LogP contribution in [0.2, 0.25) is 0 Å². The third-order valence-electron chi connectivity index (χ3n) is 4.86. The van der Waals surface area contributed by atoms with Crippen molar-refractivity contribution < 1.29 is 9.59 Å². The average Bonchev–Trinajstić information content (AvgIpc) is 2.63. The van der Waals surface area contributed by atoms with Crippen LogP contribution in [0.25, 0.3) is 10.8 Å². The van der Waals surface area contributed by atoms with E-state index in [0.29, 0.717) is 24.2 Å². The number of likely N-dealkylation sites (N-methyl/N-ethyl adjacent to an activating group) is 1. The molecule has 2 amide bonds. The Balaban J connectivity index is 1.92. The van der Waals surface area contributed by atoms with Gasteiger partial charge in [-0.1, -0.05) is 12.1 Å². The first-order valence-electron chi connectivity index (χ1n) is 9.35. The Morgan fingerprint density at radius 1 is 0.889 bits per heavy atom. The third-order valence-corrected chi connectivity index (χ3v) is 4.86. The lowest BCUT2D eigenvalue weighted by Gasteiger charge is -2.28. The van der Waals surface area contributed by atoms with Crippen LogP contribution in [-0.2, 0) is 0 Å². The van der Waals surface area contributed by atoms with Crippen molar-refractivity contribution in [1.82, 2.24) is 14.7 Å². The minimum Gasteiger partial charge on any atom is -0.384 e. The molecule has 1 aliphatic heterocycles. The molecular weight excluding hydrogens is 340 g/mol. The van der Waals surface area contributed by atoms with Gasteiger partial charge in [-0.15, -0.1) is 0 Å². The second-order valence-electron chi connectivity index (χ2n) is 7.54. The summed E-state index contributed by atoms with van der Waals surface area (Å²) in [6.45, 7) is 2.89. The zero-order valence-electron chi connectivity index (χ0n) is 16.6. The standard InChI is InChI=1S/C21H28N4O2/c1-23(2)12-6-11-22-18-10-9-17-19-15(18)7-5-8-16(19)20(26)25(21(17)27)14-13-24(3)4/h5,7-10,22H,6,11-14H2,1-4H3. The Bertz CT molecular complexity index is 838. The smallest absolute Gasteiger partial charge is 0.261 e. The second-order valence-corrected chi connectivity index (χ2v) is 7.54. The number of amides is 2. The molecule has 0 aromatic heterocycles. The lowest BCUT2D eigenvalue weighted by atomic mass is 9.93. The molecule has 0 unspecified atom stereocenters. The lowest BCUT2D eigenvalue weighted by molar-refractivity contribution is 0.0601. The zero-order valence-corrected chi connectivity index (χ0v) is 16.6. The van der Waals surface area contributed by atoms with E-state index in [0.717, 1.165) is 36.0 Å². The number of rotatable bonds is 8. The predicted molar refractivity (Wildman–Crippen MR) is 110 cm³/mol. The van der Waals surface area contributed by atoms with Gasteiger partial charge in [-0.05, 0) is 59.4 Å². The number of benzene rings is 2. The van der Waals surface area contributed by atoms with E-state index < -0.39 is 0 Å². The molecule has 2 aromatic carbocycles. The van der Waals surface area contributed by atoms with Crippen molar-refractivity contribution in [3.05, 3.63) is 41.5 Å². The van der Waals surface area contributed by atoms with Gasteiger partial charge in [0, 0.05) is 47.2 Å². The van der Waals surface area contributed by atoms with Gasteiger partial charge < -0.3 is 15.1 Å². The first-order chi connectivity index (χ1) is 12.9. The number of imide groups is 1. The van der Waals surface area contributed by atoms with E-state index in [9.17, 15) is 9.59 Å². The number of hydrogen-bond acceptors (Lipinski definition) is 5. The molecule has 1 N–H and O–H groups in total. The van der Waals surface area contributed by atoms with Gasteiger partial charge in [-0.25, -0.2) is 0 Å². The van der Waals surface area contributed by atoms with Gasteiger partial charge in [-0.2, -0.15) is 0 Å². The Kier molecular flexibility index (Phi) is 5.77. The van der Waals surface area contributed by atoms with Crippen molar-refractivity contribution in [3.63, 3.8) is 0 Å². The first kappa shape index (κ1) is 19.3. The van der Waals surface area contributed by atoms with Crippen LogP contribution >= 0.6 is 0 Å².